The van der Waals surface area contributed by atoms with Crippen molar-refractivity contribution in [2.75, 3.05) is 38.3 Å². The normalized spacial score (nSPS) is 16.0. The molecule has 0 aromatic carbocycles. The van der Waals surface area contributed by atoms with Crippen LogP contribution in [-0.2, 0) is 27.4 Å². The Kier molecular flexibility index (Phi) is 6.74. The molecule has 1 aromatic rings. The molecule has 0 aliphatic carbocycles. The van der Waals surface area contributed by atoms with Gasteiger partial charge in [-0.25, -0.2) is 4.98 Å². The van der Waals surface area contributed by atoms with E-state index in [9.17, 15) is 9.59 Å². The molecule has 0 saturated carbocycles. The predicted octanol–water partition coefficient (Wildman–Crippen LogP) is 0.141. The van der Waals surface area contributed by atoms with Crippen LogP contribution in [0.25, 0.3) is 0 Å². The van der Waals surface area contributed by atoms with Crippen molar-refractivity contribution in [2.45, 2.75) is 39.5 Å². The Bertz CT molecular complexity index is 611. The molecule has 0 unspecified atom stereocenters. The molecule has 1 fully saturated rings. The third-order valence-corrected chi connectivity index (χ3v) is 3.95. The minimum Gasteiger partial charge on any atom is -0.378 e. The van der Waals surface area contributed by atoms with Gasteiger partial charge >= 0.3 is 0 Å². The zero-order valence-corrected chi connectivity index (χ0v) is 14.6. The van der Waals surface area contributed by atoms with E-state index < -0.39 is 0 Å². The number of carbonyl (C=O) groups is 1. The summed E-state index contributed by atoms with van der Waals surface area (Å²) >= 11 is 0. The van der Waals surface area contributed by atoms with Gasteiger partial charge in [-0.3, -0.25) is 14.2 Å². The van der Waals surface area contributed by atoms with Gasteiger partial charge in [0.1, 0.15) is 6.54 Å². The number of nitrogens with one attached hydrogen (secondary N) is 1. The molecule has 24 heavy (non-hydrogen) atoms. The SMILES string of the molecule is CC[C@@H](C)NC(=O)Cn1c(N2CCOCC2)nc(COC)cc1=O. The number of nitrogens with zero attached hydrogens (tertiary/aromatic N) is 3. The first-order chi connectivity index (χ1) is 11.5. The monoisotopic (exact) mass is 338 g/mol. The van der Waals surface area contributed by atoms with Crippen LogP contribution in [0.15, 0.2) is 10.9 Å². The third kappa shape index (κ3) is 4.78. The highest BCUT2D eigenvalue weighted by molar-refractivity contribution is 5.76. The number of ether oxygens (including phenoxy) is 2. The van der Waals surface area contributed by atoms with Gasteiger partial charge in [0.25, 0.3) is 5.56 Å². The Morgan fingerprint density at radius 1 is 1.46 bits per heavy atom. The van der Waals surface area contributed by atoms with Crippen LogP contribution >= 0.6 is 0 Å². The molecule has 134 valence electrons. The summed E-state index contributed by atoms with van der Waals surface area (Å²) < 4.78 is 11.9. The van der Waals surface area contributed by atoms with E-state index in [4.69, 9.17) is 9.47 Å². The second-order valence-corrected chi connectivity index (χ2v) is 5.88. The summed E-state index contributed by atoms with van der Waals surface area (Å²) in [6.45, 7) is 6.56. The van der Waals surface area contributed by atoms with Crippen LogP contribution in [0.4, 0.5) is 5.95 Å². The summed E-state index contributed by atoms with van der Waals surface area (Å²) in [5.41, 5.74) is 0.306. The number of methoxy groups -OCH3 is 1. The molecule has 0 bridgehead atoms. The molecular weight excluding hydrogens is 312 g/mol. The number of rotatable bonds is 7. The van der Waals surface area contributed by atoms with Crippen molar-refractivity contribution in [1.82, 2.24) is 14.9 Å². The summed E-state index contributed by atoms with van der Waals surface area (Å²) in [4.78, 5) is 31.2. The molecule has 1 aliphatic rings. The van der Waals surface area contributed by atoms with Gasteiger partial charge in [0.15, 0.2) is 0 Å². The summed E-state index contributed by atoms with van der Waals surface area (Å²) in [5, 5.41) is 2.88. The summed E-state index contributed by atoms with van der Waals surface area (Å²) in [6.07, 6.45) is 0.835. The fourth-order valence-corrected chi connectivity index (χ4v) is 2.48. The second-order valence-electron chi connectivity index (χ2n) is 5.88. The van der Waals surface area contributed by atoms with E-state index in [-0.39, 0.29) is 30.7 Å². The number of hydrogen-bond acceptors (Lipinski definition) is 6. The van der Waals surface area contributed by atoms with Crippen LogP contribution in [0, 0.1) is 0 Å². The number of aromatic nitrogens is 2. The van der Waals surface area contributed by atoms with Crippen LogP contribution in [0.3, 0.4) is 0 Å². The number of anilines is 1. The number of hydrogen-bond donors (Lipinski definition) is 1. The minimum atomic E-state index is -0.252. The quantitative estimate of drug-likeness (QED) is 0.761. The number of morpholine rings is 1. The van der Waals surface area contributed by atoms with Gasteiger partial charge in [-0.1, -0.05) is 6.92 Å². The number of carbonyl (C=O) groups excluding carboxylic acids is 1. The van der Waals surface area contributed by atoms with Gasteiger partial charge in [0.05, 0.1) is 25.5 Å². The highest BCUT2D eigenvalue weighted by Crippen LogP contribution is 2.12. The first kappa shape index (κ1) is 18.4. The van der Waals surface area contributed by atoms with Gasteiger partial charge in [-0.05, 0) is 13.3 Å². The average Bonchev–Trinajstić information content (AvgIpc) is 2.58. The highest BCUT2D eigenvalue weighted by Gasteiger charge is 2.20. The Balaban J connectivity index is 2.29. The summed E-state index contributed by atoms with van der Waals surface area (Å²) in [6, 6.07) is 1.49. The van der Waals surface area contributed by atoms with E-state index in [1.165, 1.54) is 10.6 Å². The summed E-state index contributed by atoms with van der Waals surface area (Å²) in [5.74, 6) is 0.305. The molecular formula is C16H26N4O4. The molecule has 8 heteroatoms. The lowest BCUT2D eigenvalue weighted by Gasteiger charge is -2.30. The molecule has 8 nitrogen and oxygen atoms in total. The van der Waals surface area contributed by atoms with Gasteiger partial charge in [0.2, 0.25) is 11.9 Å². The standard InChI is InChI=1S/C16H26N4O4/c1-4-12(2)17-14(21)10-20-15(22)9-13(11-23-3)18-16(20)19-5-7-24-8-6-19/h9,12H,4-8,10-11H2,1-3H3,(H,17,21)/t12-/m1/s1. The maximum atomic E-state index is 12.5. The largest absolute Gasteiger partial charge is 0.378 e. The van der Waals surface area contributed by atoms with E-state index in [1.54, 1.807) is 7.11 Å². The maximum Gasteiger partial charge on any atom is 0.255 e. The van der Waals surface area contributed by atoms with Crippen LogP contribution in [0.5, 0.6) is 0 Å². The molecule has 1 atom stereocenters. The van der Waals surface area contributed by atoms with E-state index in [2.05, 4.69) is 10.3 Å². The van der Waals surface area contributed by atoms with Gasteiger partial charge in [-0.2, -0.15) is 0 Å². The fourth-order valence-electron chi connectivity index (χ4n) is 2.48. The van der Waals surface area contributed by atoms with Crippen LogP contribution < -0.4 is 15.8 Å². The van der Waals surface area contributed by atoms with Crippen molar-refractivity contribution in [3.05, 3.63) is 22.1 Å². The van der Waals surface area contributed by atoms with Crippen molar-refractivity contribution in [3.63, 3.8) is 0 Å². The van der Waals surface area contributed by atoms with Crippen LogP contribution in [-0.4, -0.2) is 54.9 Å². The smallest absolute Gasteiger partial charge is 0.255 e. The molecule has 1 amide bonds. The summed E-state index contributed by atoms with van der Waals surface area (Å²) in [7, 11) is 1.56. The molecule has 0 spiro atoms. The van der Waals surface area contributed by atoms with Crippen molar-refractivity contribution in [1.29, 1.82) is 0 Å². The van der Waals surface area contributed by atoms with Gasteiger partial charge < -0.3 is 19.7 Å². The minimum absolute atomic E-state index is 0.0455. The van der Waals surface area contributed by atoms with E-state index in [0.29, 0.717) is 37.9 Å². The Hall–Kier alpha value is -1.93. The lowest BCUT2D eigenvalue weighted by Crippen LogP contribution is -2.43. The molecule has 0 radical (unpaired) electrons. The second kappa shape index (κ2) is 8.79. The third-order valence-electron chi connectivity index (χ3n) is 3.95. The van der Waals surface area contributed by atoms with Crippen molar-refractivity contribution in [3.8, 4) is 0 Å². The maximum absolute atomic E-state index is 12.5. The Labute approximate surface area is 141 Å². The molecule has 1 aromatic heterocycles. The first-order valence-electron chi connectivity index (χ1n) is 8.27. The molecule has 1 aliphatic heterocycles. The van der Waals surface area contributed by atoms with Crippen LogP contribution in [0.1, 0.15) is 26.0 Å². The lowest BCUT2D eigenvalue weighted by atomic mass is 10.2. The number of amides is 1. The molecule has 2 rings (SSSR count). The molecule has 2 heterocycles. The van der Waals surface area contributed by atoms with Gasteiger partial charge in [0, 0.05) is 32.3 Å². The zero-order chi connectivity index (χ0) is 17.5. The van der Waals surface area contributed by atoms with Crippen LogP contribution in [0.2, 0.25) is 0 Å². The topological polar surface area (TPSA) is 85.7 Å². The van der Waals surface area contributed by atoms with Gasteiger partial charge in [-0.15, -0.1) is 0 Å². The van der Waals surface area contributed by atoms with Crippen molar-refractivity contribution < 1.29 is 14.3 Å². The highest BCUT2D eigenvalue weighted by atomic mass is 16.5. The molecule has 1 saturated heterocycles. The van der Waals surface area contributed by atoms with E-state index in [1.807, 2.05) is 18.7 Å². The van der Waals surface area contributed by atoms with E-state index >= 15 is 0 Å². The van der Waals surface area contributed by atoms with E-state index in [0.717, 1.165) is 6.42 Å². The fraction of sp³-hybridized carbons (Fsp3) is 0.688. The first-order valence-corrected chi connectivity index (χ1v) is 8.27. The average molecular weight is 338 g/mol. The Morgan fingerprint density at radius 2 is 2.17 bits per heavy atom. The lowest BCUT2D eigenvalue weighted by molar-refractivity contribution is -0.122. The molecule has 1 N–H and O–H groups in total. The Morgan fingerprint density at radius 3 is 2.79 bits per heavy atom. The zero-order valence-electron chi connectivity index (χ0n) is 14.6. The van der Waals surface area contributed by atoms with Crippen molar-refractivity contribution in [2.24, 2.45) is 0 Å². The van der Waals surface area contributed by atoms with Crippen molar-refractivity contribution >= 4 is 11.9 Å². The predicted molar refractivity (Wildman–Crippen MR) is 90.1 cm³/mol.